The van der Waals surface area contributed by atoms with Crippen LogP contribution >= 0.6 is 11.3 Å². The molecule has 0 saturated carbocycles. The van der Waals surface area contributed by atoms with Crippen molar-refractivity contribution in [2.24, 2.45) is 0 Å². The zero-order valence-electron chi connectivity index (χ0n) is 15.0. The van der Waals surface area contributed by atoms with Crippen molar-refractivity contribution in [2.75, 3.05) is 33.1 Å². The molecule has 0 bridgehead atoms. The van der Waals surface area contributed by atoms with Crippen molar-refractivity contribution in [1.82, 2.24) is 4.90 Å². The number of methoxy groups -OCH3 is 2. The maximum atomic E-state index is 12.3. The molecule has 2 aromatic rings. The molecule has 1 N–H and O–H groups in total. The molecular formula is C17H20N2O6S. The first-order valence-corrected chi connectivity index (χ1v) is 8.49. The van der Waals surface area contributed by atoms with Crippen molar-refractivity contribution in [2.45, 2.75) is 13.5 Å². The highest BCUT2D eigenvalue weighted by atomic mass is 32.1. The number of nitrogens with zero attached hydrogens (tertiary/aromatic N) is 1. The van der Waals surface area contributed by atoms with E-state index in [1.54, 1.807) is 31.2 Å². The minimum atomic E-state index is -0.631. The van der Waals surface area contributed by atoms with E-state index in [9.17, 15) is 14.4 Å². The second kappa shape index (κ2) is 8.63. The Balaban J connectivity index is 2.15. The van der Waals surface area contributed by atoms with Gasteiger partial charge in [-0.2, -0.15) is 0 Å². The van der Waals surface area contributed by atoms with Gasteiger partial charge in [-0.1, -0.05) is 0 Å². The molecule has 140 valence electrons. The third-order valence-electron chi connectivity index (χ3n) is 3.58. The van der Waals surface area contributed by atoms with Crippen LogP contribution in [0.1, 0.15) is 31.4 Å². The number of thiophene rings is 1. The minimum absolute atomic E-state index is 0.0752. The summed E-state index contributed by atoms with van der Waals surface area (Å²) in [5.41, 5.74) is 0.563. The van der Waals surface area contributed by atoms with E-state index >= 15 is 0 Å². The zero-order valence-corrected chi connectivity index (χ0v) is 15.8. The van der Waals surface area contributed by atoms with E-state index in [1.165, 1.54) is 14.2 Å². The van der Waals surface area contributed by atoms with E-state index < -0.39 is 11.9 Å². The van der Waals surface area contributed by atoms with Crippen LogP contribution in [0.15, 0.2) is 22.8 Å². The van der Waals surface area contributed by atoms with Gasteiger partial charge in [0.05, 0.1) is 39.1 Å². The van der Waals surface area contributed by atoms with E-state index in [0.29, 0.717) is 12.1 Å². The number of hydrogen-bond acceptors (Lipinski definition) is 8. The third kappa shape index (κ3) is 4.50. The first-order chi connectivity index (χ1) is 12.4. The fourth-order valence-electron chi connectivity index (χ4n) is 2.37. The van der Waals surface area contributed by atoms with E-state index in [2.05, 4.69) is 5.32 Å². The van der Waals surface area contributed by atoms with Crippen LogP contribution in [0.4, 0.5) is 5.00 Å². The van der Waals surface area contributed by atoms with Gasteiger partial charge in [-0.15, -0.1) is 11.3 Å². The van der Waals surface area contributed by atoms with Gasteiger partial charge in [0.25, 0.3) is 0 Å². The molecule has 8 nitrogen and oxygen atoms in total. The van der Waals surface area contributed by atoms with Crippen molar-refractivity contribution < 1.29 is 28.3 Å². The van der Waals surface area contributed by atoms with Gasteiger partial charge in [0.2, 0.25) is 5.91 Å². The minimum Gasteiger partial charge on any atom is -0.468 e. The highest BCUT2D eigenvalue weighted by Crippen LogP contribution is 2.34. The number of hydrogen-bond donors (Lipinski definition) is 1. The van der Waals surface area contributed by atoms with Gasteiger partial charge in [0, 0.05) is 0 Å². The Bertz CT molecular complexity index is 797. The SMILES string of the molecule is COC(=O)c1sc(NC(=O)CN(C)Cc2ccco2)c(C(=O)OC)c1C. The number of carbonyl (C=O) groups excluding carboxylic acids is 3. The van der Waals surface area contributed by atoms with Crippen LogP contribution in [0.25, 0.3) is 0 Å². The molecule has 2 heterocycles. The summed E-state index contributed by atoms with van der Waals surface area (Å²) in [6.45, 7) is 2.14. The van der Waals surface area contributed by atoms with Crippen molar-refractivity contribution in [1.29, 1.82) is 0 Å². The predicted molar refractivity (Wildman–Crippen MR) is 95.4 cm³/mol. The number of furan rings is 1. The van der Waals surface area contributed by atoms with E-state index in [4.69, 9.17) is 13.9 Å². The lowest BCUT2D eigenvalue weighted by atomic mass is 10.1. The third-order valence-corrected chi connectivity index (χ3v) is 4.77. The molecule has 0 unspecified atom stereocenters. The quantitative estimate of drug-likeness (QED) is 0.736. The van der Waals surface area contributed by atoms with Crippen molar-refractivity contribution >= 4 is 34.2 Å². The van der Waals surface area contributed by atoms with Crippen molar-refractivity contribution in [3.63, 3.8) is 0 Å². The van der Waals surface area contributed by atoms with Gasteiger partial charge in [0.1, 0.15) is 15.6 Å². The topological polar surface area (TPSA) is 98.1 Å². The largest absolute Gasteiger partial charge is 0.468 e. The lowest BCUT2D eigenvalue weighted by Gasteiger charge is -2.14. The van der Waals surface area contributed by atoms with Gasteiger partial charge in [-0.25, -0.2) is 9.59 Å². The molecule has 0 aliphatic heterocycles. The number of carbonyl (C=O) groups is 3. The lowest BCUT2D eigenvalue weighted by Crippen LogP contribution is -2.29. The van der Waals surface area contributed by atoms with Gasteiger partial charge in [0.15, 0.2) is 0 Å². The van der Waals surface area contributed by atoms with Crippen LogP contribution in [0.2, 0.25) is 0 Å². The second-order valence-electron chi connectivity index (χ2n) is 5.54. The first kappa shape index (κ1) is 19.7. The second-order valence-corrected chi connectivity index (χ2v) is 6.56. The molecule has 1 amide bonds. The predicted octanol–water partition coefficient (Wildman–Crippen LogP) is 2.29. The average molecular weight is 380 g/mol. The maximum Gasteiger partial charge on any atom is 0.348 e. The number of esters is 2. The Hall–Kier alpha value is -2.65. The van der Waals surface area contributed by atoms with Crippen molar-refractivity contribution in [3.05, 3.63) is 40.2 Å². The number of nitrogens with one attached hydrogen (secondary N) is 1. The molecule has 0 spiro atoms. The molecule has 0 fully saturated rings. The van der Waals surface area contributed by atoms with Crippen LogP contribution in [0, 0.1) is 6.92 Å². The van der Waals surface area contributed by atoms with Crippen LogP contribution in [-0.4, -0.2) is 50.6 Å². The van der Waals surface area contributed by atoms with Gasteiger partial charge >= 0.3 is 11.9 Å². The zero-order chi connectivity index (χ0) is 19.3. The Morgan fingerprint density at radius 1 is 1.23 bits per heavy atom. The maximum absolute atomic E-state index is 12.3. The summed E-state index contributed by atoms with van der Waals surface area (Å²) in [5.74, 6) is -0.807. The Morgan fingerprint density at radius 3 is 2.50 bits per heavy atom. The van der Waals surface area contributed by atoms with Crippen molar-refractivity contribution in [3.8, 4) is 0 Å². The summed E-state index contributed by atoms with van der Waals surface area (Å²) in [5, 5.41) is 2.93. The molecule has 0 atom stereocenters. The molecule has 0 aliphatic carbocycles. The molecule has 26 heavy (non-hydrogen) atoms. The van der Waals surface area contributed by atoms with E-state index in [0.717, 1.165) is 17.1 Å². The standard InChI is InChI=1S/C17H20N2O6S/c1-10-13(16(21)23-3)15(26-14(10)17(22)24-4)18-12(20)9-19(2)8-11-6-5-7-25-11/h5-7H,8-9H2,1-4H3,(H,18,20). The van der Waals surface area contributed by atoms with E-state index in [1.807, 2.05) is 6.07 Å². The molecule has 0 radical (unpaired) electrons. The van der Waals surface area contributed by atoms with E-state index in [-0.39, 0.29) is 27.9 Å². The fraction of sp³-hybridized carbons (Fsp3) is 0.353. The van der Waals surface area contributed by atoms with Crippen LogP contribution in [-0.2, 0) is 20.8 Å². The van der Waals surface area contributed by atoms with Crippen LogP contribution in [0.3, 0.4) is 0 Å². The fourth-order valence-corrected chi connectivity index (χ4v) is 3.50. The molecular weight excluding hydrogens is 360 g/mol. The van der Waals surface area contributed by atoms with Crippen LogP contribution < -0.4 is 5.32 Å². The number of likely N-dealkylation sites (N-methyl/N-ethyl adjacent to an activating group) is 1. The lowest BCUT2D eigenvalue weighted by molar-refractivity contribution is -0.117. The number of amides is 1. The molecule has 0 aliphatic rings. The van der Waals surface area contributed by atoms with Crippen LogP contribution in [0.5, 0.6) is 0 Å². The molecule has 9 heteroatoms. The Kier molecular flexibility index (Phi) is 6.53. The Labute approximate surface area is 154 Å². The van der Waals surface area contributed by atoms with Gasteiger partial charge < -0.3 is 19.2 Å². The smallest absolute Gasteiger partial charge is 0.348 e. The van der Waals surface area contributed by atoms with Gasteiger partial charge in [-0.3, -0.25) is 9.69 Å². The summed E-state index contributed by atoms with van der Waals surface area (Å²) in [4.78, 5) is 38.2. The first-order valence-electron chi connectivity index (χ1n) is 7.68. The molecule has 2 aromatic heterocycles. The molecule has 2 rings (SSSR count). The van der Waals surface area contributed by atoms with Gasteiger partial charge in [-0.05, 0) is 31.7 Å². The summed E-state index contributed by atoms with van der Waals surface area (Å²) < 4.78 is 14.7. The number of rotatable bonds is 7. The average Bonchev–Trinajstić information content (AvgIpc) is 3.21. The molecule has 0 saturated heterocycles. The summed E-state index contributed by atoms with van der Waals surface area (Å²) in [6.07, 6.45) is 1.56. The summed E-state index contributed by atoms with van der Waals surface area (Å²) in [6, 6.07) is 3.59. The highest BCUT2D eigenvalue weighted by Gasteiger charge is 2.26. The molecule has 0 aromatic carbocycles. The number of anilines is 1. The summed E-state index contributed by atoms with van der Waals surface area (Å²) >= 11 is 0.979. The monoisotopic (exact) mass is 380 g/mol. The Morgan fingerprint density at radius 2 is 1.92 bits per heavy atom. The normalized spacial score (nSPS) is 10.7. The highest BCUT2D eigenvalue weighted by molar-refractivity contribution is 7.18. The number of ether oxygens (including phenoxy) is 2. The summed E-state index contributed by atoms with van der Waals surface area (Å²) in [7, 11) is 4.25.